The summed E-state index contributed by atoms with van der Waals surface area (Å²) >= 11 is 6.09. The fraction of sp³-hybridized carbons (Fsp3) is 0.300. The summed E-state index contributed by atoms with van der Waals surface area (Å²) in [6.07, 6.45) is 1.63. The molecule has 1 aliphatic heterocycles. The van der Waals surface area contributed by atoms with Gasteiger partial charge in [-0.3, -0.25) is 15.0 Å². The quantitative estimate of drug-likeness (QED) is 0.275. The van der Waals surface area contributed by atoms with Crippen molar-refractivity contribution < 1.29 is 13.9 Å². The summed E-state index contributed by atoms with van der Waals surface area (Å²) in [6.45, 7) is 4.18. The van der Waals surface area contributed by atoms with E-state index in [1.54, 1.807) is 45.5 Å². The maximum Gasteiger partial charge on any atom is 0.320 e. The van der Waals surface area contributed by atoms with Gasteiger partial charge in [0.1, 0.15) is 11.7 Å². The van der Waals surface area contributed by atoms with Crippen molar-refractivity contribution in [3.63, 3.8) is 0 Å². The number of urea groups is 1. The largest absolute Gasteiger partial charge is 0.398 e. The highest BCUT2D eigenvalue weighted by Gasteiger charge is 2.35. The van der Waals surface area contributed by atoms with Crippen molar-refractivity contribution in [2.24, 2.45) is 17.8 Å². The van der Waals surface area contributed by atoms with E-state index in [4.69, 9.17) is 22.1 Å². The van der Waals surface area contributed by atoms with Gasteiger partial charge in [0.25, 0.3) is 0 Å². The van der Waals surface area contributed by atoms with Crippen LogP contribution in [0.15, 0.2) is 82.2 Å². The minimum atomic E-state index is -0.494. The maximum atomic E-state index is 13.9. The van der Waals surface area contributed by atoms with E-state index in [0.29, 0.717) is 48.8 Å². The minimum absolute atomic E-state index is 0.0352. The summed E-state index contributed by atoms with van der Waals surface area (Å²) < 4.78 is 20.6. The number of para-hydroxylation sites is 1. The van der Waals surface area contributed by atoms with Crippen LogP contribution in [0.3, 0.4) is 0 Å². The number of methoxy groups -OCH3 is 1. The number of aliphatic imine (C=N–C) groups is 1. The number of ether oxygens (including phenoxy) is 1. The molecule has 1 saturated heterocycles. The number of hydrogen-bond donors (Lipinski definition) is 3. The van der Waals surface area contributed by atoms with E-state index in [9.17, 15) is 14.0 Å². The number of nitrogens with two attached hydrogens (primary N) is 1. The number of nitrogens with one attached hydrogen (secondary N) is 2. The number of halogens is 2. The summed E-state index contributed by atoms with van der Waals surface area (Å²) in [4.78, 5) is 32.2. The van der Waals surface area contributed by atoms with Gasteiger partial charge in [-0.25, -0.2) is 14.2 Å². The van der Waals surface area contributed by atoms with Crippen LogP contribution in [0, 0.1) is 5.82 Å². The fourth-order valence-electron chi connectivity index (χ4n) is 4.76. The number of nitrogens with zero attached hydrogens (tertiary/aromatic N) is 3. The molecule has 0 radical (unpaired) electrons. The van der Waals surface area contributed by atoms with Crippen molar-refractivity contribution >= 4 is 34.9 Å². The van der Waals surface area contributed by atoms with E-state index in [2.05, 4.69) is 20.5 Å². The van der Waals surface area contributed by atoms with Crippen LogP contribution in [0.2, 0.25) is 5.02 Å². The van der Waals surface area contributed by atoms with Crippen LogP contribution in [-0.4, -0.2) is 60.7 Å². The van der Waals surface area contributed by atoms with Crippen LogP contribution in [0.1, 0.15) is 24.0 Å². The Labute approximate surface area is 243 Å². The van der Waals surface area contributed by atoms with Gasteiger partial charge >= 0.3 is 6.03 Å². The highest BCUT2D eigenvalue weighted by Crippen LogP contribution is 2.30. The Morgan fingerprint density at radius 2 is 1.93 bits per heavy atom. The lowest BCUT2D eigenvalue weighted by atomic mass is 9.94. The zero-order valence-electron chi connectivity index (χ0n) is 23.2. The first-order valence-corrected chi connectivity index (χ1v) is 13.5. The van der Waals surface area contributed by atoms with E-state index in [0.717, 1.165) is 5.56 Å². The second-order valence-electron chi connectivity index (χ2n) is 9.94. The van der Waals surface area contributed by atoms with E-state index in [1.165, 1.54) is 16.7 Å². The molecule has 2 aromatic carbocycles. The van der Waals surface area contributed by atoms with Gasteiger partial charge in [-0.05, 0) is 42.8 Å². The Hall–Kier alpha value is -3.99. The number of aryl methyl sites for hydroxylation is 1. The van der Waals surface area contributed by atoms with E-state index in [-0.39, 0.29) is 28.4 Å². The third kappa shape index (κ3) is 7.60. The van der Waals surface area contributed by atoms with Gasteiger partial charge in [-0.1, -0.05) is 35.9 Å². The molecule has 9 nitrogen and oxygen atoms in total. The molecule has 1 unspecified atom stereocenters. The van der Waals surface area contributed by atoms with E-state index in [1.807, 2.05) is 30.3 Å². The van der Waals surface area contributed by atoms with Crippen molar-refractivity contribution in [2.45, 2.75) is 18.9 Å². The molecule has 0 saturated carbocycles. The van der Waals surface area contributed by atoms with Crippen LogP contribution in [0.4, 0.5) is 14.9 Å². The van der Waals surface area contributed by atoms with E-state index >= 15 is 0 Å². The second-order valence-corrected chi connectivity index (χ2v) is 10.3. The number of likely N-dealkylation sites (tertiary alicyclic amines) is 1. The first kappa shape index (κ1) is 30.0. The van der Waals surface area contributed by atoms with Gasteiger partial charge in [-0.15, -0.1) is 0 Å². The second kappa shape index (κ2) is 13.6. The average Bonchev–Trinajstić information content (AvgIpc) is 3.36. The first-order valence-electron chi connectivity index (χ1n) is 13.2. The van der Waals surface area contributed by atoms with Crippen LogP contribution >= 0.6 is 11.6 Å². The van der Waals surface area contributed by atoms with Crippen molar-refractivity contribution in [3.8, 4) is 0 Å². The molecule has 11 heteroatoms. The number of amides is 2. The van der Waals surface area contributed by atoms with Crippen molar-refractivity contribution in [2.75, 3.05) is 33.4 Å². The molecule has 2 heterocycles. The van der Waals surface area contributed by atoms with E-state index < -0.39 is 11.8 Å². The molecule has 1 aromatic heterocycles. The van der Waals surface area contributed by atoms with Gasteiger partial charge in [-0.2, -0.15) is 0 Å². The smallest absolute Gasteiger partial charge is 0.320 e. The molecule has 4 rings (SSSR count). The fourth-order valence-corrected chi connectivity index (χ4v) is 4.95. The Morgan fingerprint density at radius 3 is 2.61 bits per heavy atom. The lowest BCUT2D eigenvalue weighted by molar-refractivity contribution is 0.159. The SMILES string of the molecule is COCCN1CC(c2ccc(F)c(Cl)c2)[C@H](NC(=O)NC(=Nc2ccccc2)C(C)=C(N)c2ccc(=O)n(C)c2)C1. The number of hydrogen-bond acceptors (Lipinski definition) is 6. The predicted octanol–water partition coefficient (Wildman–Crippen LogP) is 4.01. The lowest BCUT2D eigenvalue weighted by Crippen LogP contribution is -2.47. The third-order valence-electron chi connectivity index (χ3n) is 7.08. The Kier molecular flexibility index (Phi) is 9.93. The molecule has 2 atom stereocenters. The highest BCUT2D eigenvalue weighted by molar-refractivity contribution is 6.30. The molecule has 2 amide bonds. The first-order chi connectivity index (χ1) is 19.7. The molecular formula is C30H34ClFN6O3. The van der Waals surface area contributed by atoms with Crippen LogP contribution in [0.5, 0.6) is 0 Å². The Morgan fingerprint density at radius 1 is 1.17 bits per heavy atom. The number of carbonyl (C=O) groups is 1. The topological polar surface area (TPSA) is 114 Å². The third-order valence-corrected chi connectivity index (χ3v) is 7.37. The molecule has 4 N–H and O–H groups in total. The van der Waals surface area contributed by atoms with Gasteiger partial charge in [0, 0.05) is 68.8 Å². The number of pyridine rings is 1. The van der Waals surface area contributed by atoms with Crippen LogP contribution in [-0.2, 0) is 11.8 Å². The molecule has 3 aromatic rings. The van der Waals surface area contributed by atoms with Gasteiger partial charge < -0.3 is 20.4 Å². The zero-order valence-corrected chi connectivity index (χ0v) is 24.0. The van der Waals surface area contributed by atoms with Crippen molar-refractivity contribution in [1.82, 2.24) is 20.1 Å². The van der Waals surface area contributed by atoms with Crippen LogP contribution in [0.25, 0.3) is 5.70 Å². The van der Waals surface area contributed by atoms with Crippen molar-refractivity contribution in [1.29, 1.82) is 0 Å². The number of aromatic nitrogens is 1. The molecule has 216 valence electrons. The van der Waals surface area contributed by atoms with Gasteiger partial charge in [0.05, 0.1) is 23.4 Å². The zero-order chi connectivity index (χ0) is 29.5. The normalized spacial score (nSPS) is 18.2. The molecule has 1 aliphatic rings. The summed E-state index contributed by atoms with van der Waals surface area (Å²) in [5.74, 6) is -0.361. The maximum absolute atomic E-state index is 13.9. The minimum Gasteiger partial charge on any atom is -0.398 e. The monoisotopic (exact) mass is 580 g/mol. The summed E-state index contributed by atoms with van der Waals surface area (Å²) in [6, 6.07) is 16.1. The predicted molar refractivity (Wildman–Crippen MR) is 160 cm³/mol. The number of rotatable bonds is 8. The van der Waals surface area contributed by atoms with Crippen LogP contribution < -0.4 is 21.9 Å². The molecular weight excluding hydrogens is 547 g/mol. The lowest BCUT2D eigenvalue weighted by Gasteiger charge is -2.22. The Balaban J connectivity index is 1.61. The number of carbonyl (C=O) groups excluding carboxylic acids is 1. The summed E-state index contributed by atoms with van der Waals surface area (Å²) in [7, 11) is 3.28. The molecule has 0 aliphatic carbocycles. The summed E-state index contributed by atoms with van der Waals surface area (Å²) in [5, 5.41) is 5.99. The summed E-state index contributed by atoms with van der Waals surface area (Å²) in [5.41, 5.74) is 9.28. The highest BCUT2D eigenvalue weighted by atomic mass is 35.5. The molecule has 0 bridgehead atoms. The van der Waals surface area contributed by atoms with Crippen molar-refractivity contribution in [3.05, 3.63) is 105 Å². The average molecular weight is 581 g/mol. The van der Waals surface area contributed by atoms with Gasteiger partial charge in [0.15, 0.2) is 0 Å². The van der Waals surface area contributed by atoms with Gasteiger partial charge in [0.2, 0.25) is 5.56 Å². The number of amidine groups is 1. The molecule has 0 spiro atoms. The Bertz CT molecular complexity index is 1510. The standard InChI is InChI=1S/C30H34ClFN6O3/c1-19(28(33)21-10-12-27(39)37(2)16-21)29(34-22-7-5-4-6-8-22)36-30(40)35-26-18-38(13-14-41-3)17-23(26)20-9-11-25(32)24(31)15-20/h4-12,15-16,23,26H,13-14,17-18,33H2,1-3H3,(H2,34,35,36,40)/t23?,26-/m1/s1. The number of benzene rings is 2. The molecule has 1 fully saturated rings. The molecule has 41 heavy (non-hydrogen) atoms.